The number of ether oxygens (including phenoxy) is 3. The van der Waals surface area contributed by atoms with E-state index in [-0.39, 0.29) is 12.4 Å². The maximum atomic E-state index is 12.4. The molecule has 0 atom stereocenters. The van der Waals surface area contributed by atoms with Crippen LogP contribution in [0.3, 0.4) is 0 Å². The van der Waals surface area contributed by atoms with E-state index in [2.05, 4.69) is 43.4 Å². The van der Waals surface area contributed by atoms with Gasteiger partial charge in [0.2, 0.25) is 0 Å². The van der Waals surface area contributed by atoms with Crippen LogP contribution in [0.15, 0.2) is 71.3 Å². The second-order valence-electron chi connectivity index (χ2n) is 12.9. The van der Waals surface area contributed by atoms with Crippen molar-refractivity contribution in [3.63, 3.8) is 0 Å². The Morgan fingerprint density at radius 2 is 1.65 bits per heavy atom. The lowest BCUT2D eigenvalue weighted by Crippen LogP contribution is -2.32. The Labute approximate surface area is 287 Å². The van der Waals surface area contributed by atoms with Crippen molar-refractivity contribution >= 4 is 23.0 Å². The average molecular weight is 658 g/mol. The second kappa shape index (κ2) is 18.9. The van der Waals surface area contributed by atoms with Gasteiger partial charge < -0.3 is 23.9 Å². The van der Waals surface area contributed by atoms with Crippen molar-refractivity contribution in [1.29, 1.82) is 0 Å². The van der Waals surface area contributed by atoms with Crippen LogP contribution >= 0.6 is 0 Å². The lowest BCUT2D eigenvalue weighted by atomic mass is 9.95. The number of alkyl carbamates (subject to hydrolysis) is 1. The van der Waals surface area contributed by atoms with E-state index in [0.717, 1.165) is 44.5 Å². The molecular weight excluding hydrogens is 602 g/mol. The van der Waals surface area contributed by atoms with Gasteiger partial charge in [-0.1, -0.05) is 77.3 Å². The molecule has 1 saturated carbocycles. The summed E-state index contributed by atoms with van der Waals surface area (Å²) in [6.07, 6.45) is 7.52. The molecule has 1 N–H and O–H groups in total. The molecule has 5 rings (SSSR count). The highest BCUT2D eigenvalue weighted by atomic mass is 16.6. The van der Waals surface area contributed by atoms with Crippen LogP contribution in [-0.4, -0.2) is 24.3 Å². The Morgan fingerprint density at radius 3 is 2.33 bits per heavy atom. The Kier molecular flexibility index (Phi) is 15.1. The number of fused-ring (bicyclic) bond motifs is 1. The van der Waals surface area contributed by atoms with Gasteiger partial charge in [0.1, 0.15) is 23.5 Å². The van der Waals surface area contributed by atoms with Crippen LogP contribution in [0.4, 0.5) is 4.79 Å². The molecule has 260 valence electrons. The van der Waals surface area contributed by atoms with Crippen molar-refractivity contribution in [2.24, 2.45) is 0 Å². The molecule has 1 aromatic heterocycles. The monoisotopic (exact) mass is 657 g/mol. The first-order valence-corrected chi connectivity index (χ1v) is 17.6. The first-order valence-electron chi connectivity index (χ1n) is 17.6. The second-order valence-corrected chi connectivity index (χ2v) is 12.9. The number of carbonyl (C=O) groups excluding carboxylic acids is 2. The van der Waals surface area contributed by atoms with E-state index < -0.39 is 11.7 Å². The van der Waals surface area contributed by atoms with Gasteiger partial charge in [-0.15, -0.1) is 0 Å². The minimum absolute atomic E-state index is 0.171. The summed E-state index contributed by atoms with van der Waals surface area (Å²) in [5.74, 6) is 0.996. The molecule has 1 heterocycles. The Morgan fingerprint density at radius 1 is 0.917 bits per heavy atom. The van der Waals surface area contributed by atoms with Crippen LogP contribution in [0.1, 0.15) is 116 Å². The number of esters is 1. The maximum absolute atomic E-state index is 12.4. The fraction of sp³-hybridized carbons (Fsp3) is 0.463. The third-order valence-corrected chi connectivity index (χ3v) is 7.64. The predicted molar refractivity (Wildman–Crippen MR) is 194 cm³/mol. The van der Waals surface area contributed by atoms with E-state index >= 15 is 0 Å². The molecule has 0 saturated heterocycles. The van der Waals surface area contributed by atoms with Crippen molar-refractivity contribution in [2.75, 3.05) is 6.61 Å². The number of hydrogen-bond acceptors (Lipinski definition) is 6. The normalized spacial score (nSPS) is 12.8. The summed E-state index contributed by atoms with van der Waals surface area (Å²) in [5.41, 5.74) is 6.15. The molecule has 1 amide bonds. The molecule has 7 heteroatoms. The highest BCUT2D eigenvalue weighted by Gasteiger charge is 2.20. The van der Waals surface area contributed by atoms with Gasteiger partial charge in [0.05, 0.1) is 19.3 Å². The van der Waals surface area contributed by atoms with Gasteiger partial charge in [-0.05, 0) is 99.0 Å². The number of carbonyl (C=O) groups is 2. The third-order valence-electron chi connectivity index (χ3n) is 7.64. The molecule has 0 bridgehead atoms. The fourth-order valence-electron chi connectivity index (χ4n) is 5.67. The zero-order chi connectivity index (χ0) is 35.1. The number of rotatable bonds is 10. The standard InChI is InChI=1S/C36H41NO6.C3H8.C2H6/c1-5-40-33(38)21-29-14-13-27(26-10-6-7-11-26)20-32(29)42-23-25-18-30-15-16-41-34(30)31(19-25)28-12-8-9-24(17-28)22-37-35(39)43-36(2,3)4;1-3-2;1-2/h8-9,12-20,26H,5-7,10-11,21-23H2,1-4H3,(H,37,39);3H2,1-2H3;1-2H3. The van der Waals surface area contributed by atoms with Crippen LogP contribution < -0.4 is 10.1 Å². The quantitative estimate of drug-likeness (QED) is 0.171. The SMILES string of the molecule is CC.CCC.CCOC(=O)Cc1ccc(C2CCCC2)cc1OCc1cc(-c2cccc(CNC(=O)OC(C)(C)C)c2)c2occc2c1. The minimum Gasteiger partial charge on any atom is -0.489 e. The van der Waals surface area contributed by atoms with Crippen molar-refractivity contribution in [3.05, 3.63) is 89.2 Å². The van der Waals surface area contributed by atoms with E-state index in [4.69, 9.17) is 18.6 Å². The summed E-state index contributed by atoms with van der Waals surface area (Å²) in [6.45, 7) is 16.6. The van der Waals surface area contributed by atoms with E-state index in [0.29, 0.717) is 25.7 Å². The molecular formula is C41H55NO6. The minimum atomic E-state index is -0.559. The highest BCUT2D eigenvalue weighted by molar-refractivity contribution is 5.93. The molecule has 48 heavy (non-hydrogen) atoms. The Hall–Kier alpha value is -4.26. The molecule has 0 radical (unpaired) electrons. The topological polar surface area (TPSA) is 87.0 Å². The molecule has 1 fully saturated rings. The number of amides is 1. The lowest BCUT2D eigenvalue weighted by Gasteiger charge is -2.19. The van der Waals surface area contributed by atoms with Crippen LogP contribution in [0.25, 0.3) is 22.1 Å². The molecule has 4 aromatic rings. The summed E-state index contributed by atoms with van der Waals surface area (Å²) in [5, 5.41) is 3.80. The molecule has 0 spiro atoms. The fourth-order valence-corrected chi connectivity index (χ4v) is 5.67. The van der Waals surface area contributed by atoms with E-state index in [1.165, 1.54) is 37.7 Å². The number of nitrogens with one attached hydrogen (secondary N) is 1. The smallest absolute Gasteiger partial charge is 0.407 e. The Bertz CT molecular complexity index is 1590. The van der Waals surface area contributed by atoms with E-state index in [1.54, 1.807) is 6.26 Å². The number of hydrogen-bond donors (Lipinski definition) is 1. The maximum Gasteiger partial charge on any atom is 0.407 e. The van der Waals surface area contributed by atoms with Gasteiger partial charge >= 0.3 is 12.1 Å². The average Bonchev–Trinajstić information content (AvgIpc) is 3.77. The van der Waals surface area contributed by atoms with Gasteiger partial charge in [0, 0.05) is 23.1 Å². The first kappa shape index (κ1) is 38.2. The van der Waals surface area contributed by atoms with Crippen LogP contribution in [0.2, 0.25) is 0 Å². The Balaban J connectivity index is 0.00000118. The summed E-state index contributed by atoms with van der Waals surface area (Å²) < 4.78 is 22.9. The number of furan rings is 1. The summed E-state index contributed by atoms with van der Waals surface area (Å²) in [6, 6.07) is 20.4. The van der Waals surface area contributed by atoms with E-state index in [9.17, 15) is 9.59 Å². The highest BCUT2D eigenvalue weighted by Crippen LogP contribution is 2.37. The lowest BCUT2D eigenvalue weighted by molar-refractivity contribution is -0.142. The van der Waals surface area contributed by atoms with Crippen molar-refractivity contribution in [1.82, 2.24) is 5.32 Å². The van der Waals surface area contributed by atoms with Crippen molar-refractivity contribution < 1.29 is 28.2 Å². The van der Waals surface area contributed by atoms with Crippen LogP contribution in [-0.2, 0) is 33.8 Å². The molecule has 1 aliphatic carbocycles. The van der Waals surface area contributed by atoms with Gasteiger partial charge in [-0.25, -0.2) is 4.79 Å². The van der Waals surface area contributed by atoms with Crippen LogP contribution in [0, 0.1) is 0 Å². The van der Waals surface area contributed by atoms with E-state index in [1.807, 2.05) is 77.9 Å². The van der Waals surface area contributed by atoms with Gasteiger partial charge in [-0.2, -0.15) is 0 Å². The molecule has 0 unspecified atom stereocenters. The molecule has 7 nitrogen and oxygen atoms in total. The summed E-state index contributed by atoms with van der Waals surface area (Å²) in [4.78, 5) is 24.5. The zero-order valence-electron chi connectivity index (χ0n) is 30.2. The summed E-state index contributed by atoms with van der Waals surface area (Å²) in [7, 11) is 0. The predicted octanol–water partition coefficient (Wildman–Crippen LogP) is 10.9. The molecule has 0 aliphatic heterocycles. The van der Waals surface area contributed by atoms with Crippen LogP contribution in [0.5, 0.6) is 5.75 Å². The third kappa shape index (κ3) is 11.5. The summed E-state index contributed by atoms with van der Waals surface area (Å²) >= 11 is 0. The largest absolute Gasteiger partial charge is 0.489 e. The van der Waals surface area contributed by atoms with Gasteiger partial charge in [0.15, 0.2) is 0 Å². The molecule has 1 aliphatic rings. The van der Waals surface area contributed by atoms with Gasteiger partial charge in [0.25, 0.3) is 0 Å². The first-order chi connectivity index (χ1) is 23.1. The zero-order valence-corrected chi connectivity index (χ0v) is 30.2. The van der Waals surface area contributed by atoms with Gasteiger partial charge in [-0.3, -0.25) is 4.79 Å². The van der Waals surface area contributed by atoms with Crippen molar-refractivity contribution in [3.8, 4) is 16.9 Å². The van der Waals surface area contributed by atoms with Crippen molar-refractivity contribution in [2.45, 2.75) is 119 Å². The number of benzene rings is 3. The molecule has 3 aromatic carbocycles.